The topological polar surface area (TPSA) is 12.5 Å². The molecule has 2 aliphatic rings. The molecule has 0 N–H and O–H groups in total. The second kappa shape index (κ2) is 30.2. The van der Waals surface area contributed by atoms with Crippen LogP contribution in [0.5, 0.6) is 0 Å². The van der Waals surface area contributed by atoms with E-state index in [0.717, 1.165) is 19.3 Å². The summed E-state index contributed by atoms with van der Waals surface area (Å²) in [5, 5.41) is 0. The van der Waals surface area contributed by atoms with Crippen LogP contribution in [0.3, 0.4) is 0 Å². The van der Waals surface area contributed by atoms with Gasteiger partial charge in [0.15, 0.2) is 0 Å². The SMILES string of the molecule is C1CCCCC1.C=CC1CCCCN1C.C=CCc1cc(C)c(C)c(C)c1.CC.CC.CCC(CC)OC. The highest BCUT2D eigenvalue weighted by Gasteiger charge is 2.14. The molecule has 2 fully saturated rings. The van der Waals surface area contributed by atoms with Crippen molar-refractivity contribution in [3.63, 3.8) is 0 Å². The molecule has 2 heteroatoms. The van der Waals surface area contributed by atoms with Crippen LogP contribution < -0.4 is 0 Å². The van der Waals surface area contributed by atoms with Gasteiger partial charge in [0.25, 0.3) is 0 Å². The number of allylic oxidation sites excluding steroid dienone is 1. The van der Waals surface area contributed by atoms with Gasteiger partial charge in [-0.3, -0.25) is 4.90 Å². The summed E-state index contributed by atoms with van der Waals surface area (Å²) >= 11 is 0. The highest BCUT2D eigenvalue weighted by Crippen LogP contribution is 2.16. The predicted octanol–water partition coefficient (Wildman–Crippen LogP) is 11.2. The molecular weight excluding hydrogens is 462 g/mol. The predicted molar refractivity (Wildman–Crippen MR) is 177 cm³/mol. The van der Waals surface area contributed by atoms with Gasteiger partial charge in [-0.2, -0.15) is 0 Å². The van der Waals surface area contributed by atoms with Crippen molar-refractivity contribution in [2.45, 2.75) is 152 Å². The molecule has 1 aromatic carbocycles. The Hall–Kier alpha value is -1.38. The molecule has 0 bridgehead atoms. The molecule has 3 rings (SSSR count). The molecule has 2 nitrogen and oxygen atoms in total. The van der Waals surface area contributed by atoms with Crippen molar-refractivity contribution in [1.29, 1.82) is 0 Å². The lowest BCUT2D eigenvalue weighted by molar-refractivity contribution is 0.0964. The molecule has 38 heavy (non-hydrogen) atoms. The molecular formula is C36H69NO. The number of piperidine rings is 1. The molecule has 0 spiro atoms. The van der Waals surface area contributed by atoms with E-state index in [9.17, 15) is 0 Å². The third-order valence-corrected chi connectivity index (χ3v) is 7.21. The van der Waals surface area contributed by atoms with Gasteiger partial charge in [-0.1, -0.05) is 111 Å². The fourth-order valence-electron chi connectivity index (χ4n) is 4.49. The minimum atomic E-state index is 0.486. The number of likely N-dealkylation sites (N-methyl/N-ethyl adjacent to an activating group) is 1. The molecule has 1 saturated heterocycles. The van der Waals surface area contributed by atoms with Crippen molar-refractivity contribution in [1.82, 2.24) is 4.90 Å². The first kappa shape index (κ1) is 41.1. The second-order valence-electron chi connectivity index (χ2n) is 9.92. The maximum Gasteiger partial charge on any atom is 0.0566 e. The van der Waals surface area contributed by atoms with Crippen LogP contribution in [0.4, 0.5) is 0 Å². The highest BCUT2D eigenvalue weighted by molar-refractivity contribution is 5.37. The molecule has 1 unspecified atom stereocenters. The van der Waals surface area contributed by atoms with Crippen LogP contribution in [0.1, 0.15) is 134 Å². The van der Waals surface area contributed by atoms with E-state index in [2.05, 4.69) is 77.9 Å². The summed E-state index contributed by atoms with van der Waals surface area (Å²) in [7, 11) is 3.93. The summed E-state index contributed by atoms with van der Waals surface area (Å²) in [5.41, 5.74) is 5.53. The van der Waals surface area contributed by atoms with Crippen LogP contribution in [0.2, 0.25) is 0 Å². The first-order valence-electron chi connectivity index (χ1n) is 15.9. The fourth-order valence-corrected chi connectivity index (χ4v) is 4.49. The number of rotatable bonds is 6. The number of hydrogen-bond acceptors (Lipinski definition) is 2. The molecule has 1 aliphatic heterocycles. The Morgan fingerprint density at radius 2 is 1.29 bits per heavy atom. The fraction of sp³-hybridized carbons (Fsp3) is 0.722. The van der Waals surface area contributed by atoms with Gasteiger partial charge < -0.3 is 4.74 Å². The largest absolute Gasteiger partial charge is 0.381 e. The summed E-state index contributed by atoms with van der Waals surface area (Å²) in [5.74, 6) is 0. The maximum absolute atomic E-state index is 5.05. The lowest BCUT2D eigenvalue weighted by Crippen LogP contribution is -2.34. The van der Waals surface area contributed by atoms with Gasteiger partial charge in [-0.05, 0) is 88.7 Å². The minimum Gasteiger partial charge on any atom is -0.381 e. The van der Waals surface area contributed by atoms with Crippen molar-refractivity contribution in [3.8, 4) is 0 Å². The Bertz CT molecular complexity index is 603. The smallest absolute Gasteiger partial charge is 0.0566 e. The van der Waals surface area contributed by atoms with Gasteiger partial charge >= 0.3 is 0 Å². The van der Waals surface area contributed by atoms with Crippen LogP contribution in [0, 0.1) is 20.8 Å². The molecule has 224 valence electrons. The van der Waals surface area contributed by atoms with Gasteiger partial charge in [-0.15, -0.1) is 13.2 Å². The van der Waals surface area contributed by atoms with E-state index in [1.165, 1.54) is 86.6 Å². The van der Waals surface area contributed by atoms with Crippen molar-refractivity contribution >= 4 is 0 Å². The van der Waals surface area contributed by atoms with E-state index in [0.29, 0.717) is 12.1 Å². The van der Waals surface area contributed by atoms with Crippen molar-refractivity contribution in [3.05, 3.63) is 59.7 Å². The van der Waals surface area contributed by atoms with E-state index < -0.39 is 0 Å². The van der Waals surface area contributed by atoms with Crippen LogP contribution in [-0.2, 0) is 11.2 Å². The van der Waals surface area contributed by atoms with E-state index in [1.807, 2.05) is 33.8 Å². The normalized spacial score (nSPS) is 16.3. The molecule has 1 aromatic rings. The number of methoxy groups -OCH3 is 1. The number of hydrogen-bond donors (Lipinski definition) is 0. The number of aryl methyl sites for hydroxylation is 2. The molecule has 1 saturated carbocycles. The van der Waals surface area contributed by atoms with Gasteiger partial charge in [0.2, 0.25) is 0 Å². The van der Waals surface area contributed by atoms with Crippen molar-refractivity contribution in [2.24, 2.45) is 0 Å². The van der Waals surface area contributed by atoms with E-state index in [1.54, 1.807) is 7.11 Å². The summed E-state index contributed by atoms with van der Waals surface area (Å²) in [6, 6.07) is 5.13. The lowest BCUT2D eigenvalue weighted by atomic mass is 9.99. The average Bonchev–Trinajstić information content (AvgIpc) is 2.97. The Morgan fingerprint density at radius 3 is 1.55 bits per heavy atom. The van der Waals surface area contributed by atoms with Gasteiger partial charge in [0, 0.05) is 13.2 Å². The van der Waals surface area contributed by atoms with Crippen LogP contribution in [0.15, 0.2) is 37.4 Å². The van der Waals surface area contributed by atoms with Gasteiger partial charge in [0.1, 0.15) is 0 Å². The zero-order chi connectivity index (χ0) is 29.8. The highest BCUT2D eigenvalue weighted by atomic mass is 16.5. The van der Waals surface area contributed by atoms with Crippen LogP contribution in [0.25, 0.3) is 0 Å². The van der Waals surface area contributed by atoms with Gasteiger partial charge in [0.05, 0.1) is 6.10 Å². The zero-order valence-electron chi connectivity index (χ0n) is 27.9. The van der Waals surface area contributed by atoms with E-state index in [-0.39, 0.29) is 0 Å². The first-order valence-corrected chi connectivity index (χ1v) is 15.9. The summed E-state index contributed by atoms with van der Waals surface area (Å²) in [6.45, 7) is 27.5. The van der Waals surface area contributed by atoms with Gasteiger partial charge in [-0.25, -0.2) is 0 Å². The Labute approximate surface area is 241 Å². The number of ether oxygens (including phenoxy) is 1. The second-order valence-corrected chi connectivity index (χ2v) is 9.92. The summed E-state index contributed by atoms with van der Waals surface area (Å²) in [6.07, 6.45) is 20.8. The Balaban J connectivity index is -0.000000423. The lowest BCUT2D eigenvalue weighted by Gasteiger charge is -2.29. The Morgan fingerprint density at radius 1 is 0.842 bits per heavy atom. The van der Waals surface area contributed by atoms with E-state index >= 15 is 0 Å². The molecule has 0 radical (unpaired) electrons. The van der Waals surface area contributed by atoms with Crippen molar-refractivity contribution < 1.29 is 4.74 Å². The van der Waals surface area contributed by atoms with Crippen LogP contribution >= 0.6 is 0 Å². The monoisotopic (exact) mass is 532 g/mol. The molecule has 0 amide bonds. The molecule has 0 aromatic heterocycles. The van der Waals surface area contributed by atoms with Crippen molar-refractivity contribution in [2.75, 3.05) is 20.7 Å². The number of likely N-dealkylation sites (tertiary alicyclic amines) is 1. The average molecular weight is 532 g/mol. The molecule has 1 heterocycles. The zero-order valence-corrected chi connectivity index (χ0v) is 27.9. The summed E-state index contributed by atoms with van der Waals surface area (Å²) < 4.78 is 5.05. The maximum atomic E-state index is 5.05. The third-order valence-electron chi connectivity index (χ3n) is 7.21. The summed E-state index contributed by atoms with van der Waals surface area (Å²) in [4.78, 5) is 2.37. The minimum absolute atomic E-state index is 0.486. The number of nitrogens with zero attached hydrogens (tertiary/aromatic N) is 1. The molecule has 1 aliphatic carbocycles. The quantitative estimate of drug-likeness (QED) is 0.338. The standard InChI is InChI=1S/C12H16.C8H15N.C6H14O.C6H12.2C2H6/c1-5-6-12-7-9(2)11(4)10(3)8-12;1-3-8-6-4-5-7-9(8)2;1-4-6(5-2)7-3;1-2-4-6-5-3-1;2*1-2/h5,7-8H,1,6H2,2-4H3;3,8H,1,4-7H2,2H3;6H,4-5H2,1-3H3;1-6H2;2*1-2H3. The molecule has 1 atom stereocenters. The third kappa shape index (κ3) is 21.5. The number of benzene rings is 1. The Kier molecular flexibility index (Phi) is 32.6. The first-order chi connectivity index (χ1) is 18.3. The van der Waals surface area contributed by atoms with Crippen LogP contribution in [-0.4, -0.2) is 37.7 Å². The van der Waals surface area contributed by atoms with E-state index in [4.69, 9.17) is 4.74 Å².